The summed E-state index contributed by atoms with van der Waals surface area (Å²) in [5.74, 6) is 0.0864. The van der Waals surface area contributed by atoms with Crippen LogP contribution in [0, 0.1) is 5.82 Å². The number of nitrogens with zero attached hydrogens (tertiary/aromatic N) is 2. The molecule has 0 radical (unpaired) electrons. The number of halogens is 1. The number of amides is 1. The third-order valence-corrected chi connectivity index (χ3v) is 5.60. The highest BCUT2D eigenvalue weighted by Gasteiger charge is 2.14. The van der Waals surface area contributed by atoms with Crippen molar-refractivity contribution in [1.29, 1.82) is 0 Å². The van der Waals surface area contributed by atoms with Gasteiger partial charge in [-0.3, -0.25) is 9.48 Å². The normalized spacial score (nSPS) is 12.3. The number of fused-ring (bicyclic) bond motifs is 1. The van der Waals surface area contributed by atoms with Crippen LogP contribution in [0.25, 0.3) is 10.9 Å². The number of carbonyl (C=O) groups excluding carboxylic acids is 1. The van der Waals surface area contributed by atoms with Crippen molar-refractivity contribution in [3.8, 4) is 0 Å². The average molecular weight is 416 g/mol. The molecule has 31 heavy (non-hydrogen) atoms. The molecule has 4 aromatic rings. The van der Waals surface area contributed by atoms with Gasteiger partial charge in [-0.1, -0.05) is 56.3 Å². The predicted octanol–water partition coefficient (Wildman–Crippen LogP) is 5.84. The summed E-state index contributed by atoms with van der Waals surface area (Å²) in [4.78, 5) is 12.9. The van der Waals surface area contributed by atoms with Crippen molar-refractivity contribution in [2.45, 2.75) is 39.3 Å². The summed E-state index contributed by atoms with van der Waals surface area (Å²) in [5, 5.41) is 8.47. The van der Waals surface area contributed by atoms with Gasteiger partial charge >= 0.3 is 0 Å². The Morgan fingerprint density at radius 1 is 0.968 bits per heavy atom. The van der Waals surface area contributed by atoms with Crippen LogP contribution >= 0.6 is 0 Å². The highest BCUT2D eigenvalue weighted by Crippen LogP contribution is 2.21. The average Bonchev–Trinajstić information content (AvgIpc) is 3.17. The van der Waals surface area contributed by atoms with Crippen LogP contribution in [0.4, 0.5) is 4.39 Å². The molecule has 1 N–H and O–H groups in total. The van der Waals surface area contributed by atoms with Crippen LogP contribution in [0.2, 0.25) is 0 Å². The number of hydrogen-bond donors (Lipinski definition) is 1. The molecule has 3 aromatic carbocycles. The Morgan fingerprint density at radius 2 is 1.65 bits per heavy atom. The molecule has 1 aromatic heterocycles. The van der Waals surface area contributed by atoms with Gasteiger partial charge in [-0.2, -0.15) is 5.10 Å². The number of aromatic nitrogens is 2. The molecule has 4 nitrogen and oxygen atoms in total. The van der Waals surface area contributed by atoms with Crippen molar-refractivity contribution in [1.82, 2.24) is 15.1 Å². The molecular weight excluding hydrogens is 389 g/mol. The molecule has 0 bridgehead atoms. The maximum Gasteiger partial charge on any atom is 0.251 e. The van der Waals surface area contributed by atoms with Gasteiger partial charge in [-0.15, -0.1) is 0 Å². The lowest BCUT2D eigenvalue weighted by atomic mass is 9.99. The number of hydrogen-bond acceptors (Lipinski definition) is 2. The van der Waals surface area contributed by atoms with Crippen molar-refractivity contribution in [2.24, 2.45) is 0 Å². The fraction of sp³-hybridized carbons (Fsp3) is 0.231. The van der Waals surface area contributed by atoms with Crippen molar-refractivity contribution >= 4 is 16.8 Å². The first-order valence-corrected chi connectivity index (χ1v) is 10.5. The van der Waals surface area contributed by atoms with Crippen LogP contribution in [0.1, 0.15) is 59.8 Å². The fourth-order valence-corrected chi connectivity index (χ4v) is 3.63. The Hall–Kier alpha value is -3.47. The molecular formula is C26H26FN3O. The number of carbonyl (C=O) groups is 1. The molecule has 0 fully saturated rings. The summed E-state index contributed by atoms with van der Waals surface area (Å²) in [6, 6.07) is 20.2. The lowest BCUT2D eigenvalue weighted by molar-refractivity contribution is 0.0940. The van der Waals surface area contributed by atoms with E-state index in [9.17, 15) is 9.18 Å². The highest BCUT2D eigenvalue weighted by molar-refractivity contribution is 5.98. The van der Waals surface area contributed by atoms with E-state index in [1.807, 2.05) is 29.8 Å². The Bertz CT molecular complexity index is 1190. The Balaban J connectivity index is 1.52. The van der Waals surface area contributed by atoms with Gasteiger partial charge in [0, 0.05) is 10.9 Å². The SMILES string of the molecule is CC(C)c1ccc(C(C)NC(=O)c2ccc3cnn(Cc4ccc(F)cc4)c3c2)cc1. The molecule has 5 heteroatoms. The van der Waals surface area contributed by atoms with Crippen molar-refractivity contribution in [3.63, 3.8) is 0 Å². The molecule has 1 atom stereocenters. The third kappa shape index (κ3) is 4.66. The van der Waals surface area contributed by atoms with Gasteiger partial charge in [0.2, 0.25) is 0 Å². The smallest absolute Gasteiger partial charge is 0.251 e. The number of nitrogens with one attached hydrogen (secondary N) is 1. The zero-order valence-electron chi connectivity index (χ0n) is 18.0. The first-order valence-electron chi connectivity index (χ1n) is 10.5. The third-order valence-electron chi connectivity index (χ3n) is 5.60. The van der Waals surface area contributed by atoms with Crippen molar-refractivity contribution in [3.05, 3.63) is 101 Å². The second kappa shape index (κ2) is 8.72. The van der Waals surface area contributed by atoms with Crippen LogP contribution in [0.5, 0.6) is 0 Å². The van der Waals surface area contributed by atoms with Gasteiger partial charge in [0.15, 0.2) is 0 Å². The van der Waals surface area contributed by atoms with E-state index >= 15 is 0 Å². The van der Waals surface area contributed by atoms with Crippen LogP contribution in [-0.4, -0.2) is 15.7 Å². The lowest BCUT2D eigenvalue weighted by Gasteiger charge is -2.16. The van der Waals surface area contributed by atoms with Crippen molar-refractivity contribution < 1.29 is 9.18 Å². The molecule has 4 rings (SSSR count). The monoisotopic (exact) mass is 415 g/mol. The first kappa shape index (κ1) is 20.8. The first-order chi connectivity index (χ1) is 14.9. The quantitative estimate of drug-likeness (QED) is 0.430. The summed E-state index contributed by atoms with van der Waals surface area (Å²) >= 11 is 0. The van der Waals surface area contributed by atoms with Gasteiger partial charge < -0.3 is 5.32 Å². The molecule has 1 unspecified atom stereocenters. The summed E-state index contributed by atoms with van der Waals surface area (Å²) < 4.78 is 15.0. The second-order valence-corrected chi connectivity index (χ2v) is 8.22. The minimum atomic E-state index is -0.263. The molecule has 0 aliphatic heterocycles. The van der Waals surface area contributed by atoms with E-state index in [1.54, 1.807) is 18.3 Å². The minimum Gasteiger partial charge on any atom is -0.346 e. The van der Waals surface area contributed by atoms with E-state index in [-0.39, 0.29) is 17.8 Å². The predicted molar refractivity (Wildman–Crippen MR) is 122 cm³/mol. The van der Waals surface area contributed by atoms with Crippen LogP contribution in [0.3, 0.4) is 0 Å². The molecule has 0 saturated carbocycles. The van der Waals surface area contributed by atoms with Crippen LogP contribution < -0.4 is 5.32 Å². The zero-order valence-corrected chi connectivity index (χ0v) is 18.0. The Kier molecular flexibility index (Phi) is 5.85. The van der Waals surface area contributed by atoms with E-state index in [4.69, 9.17) is 0 Å². The van der Waals surface area contributed by atoms with Crippen LogP contribution in [0.15, 0.2) is 72.9 Å². The van der Waals surface area contributed by atoms with Crippen molar-refractivity contribution in [2.75, 3.05) is 0 Å². The van der Waals surface area contributed by atoms with Gasteiger partial charge in [-0.05, 0) is 53.8 Å². The Morgan fingerprint density at radius 3 is 2.32 bits per heavy atom. The summed E-state index contributed by atoms with van der Waals surface area (Å²) in [5.41, 5.74) is 4.74. The molecule has 0 aliphatic carbocycles. The lowest BCUT2D eigenvalue weighted by Crippen LogP contribution is -2.26. The topological polar surface area (TPSA) is 46.9 Å². The molecule has 1 heterocycles. The van der Waals surface area contributed by atoms with E-state index < -0.39 is 0 Å². The van der Waals surface area contributed by atoms with Gasteiger partial charge in [0.1, 0.15) is 5.82 Å². The summed E-state index contributed by atoms with van der Waals surface area (Å²) in [6.45, 7) is 6.82. The van der Waals surface area contributed by atoms with E-state index in [0.29, 0.717) is 18.0 Å². The number of benzene rings is 3. The number of rotatable bonds is 6. The molecule has 1 amide bonds. The molecule has 0 aliphatic rings. The zero-order chi connectivity index (χ0) is 22.0. The fourth-order valence-electron chi connectivity index (χ4n) is 3.63. The minimum absolute atomic E-state index is 0.103. The van der Waals surface area contributed by atoms with Gasteiger partial charge in [-0.25, -0.2) is 4.39 Å². The van der Waals surface area contributed by atoms with E-state index in [2.05, 4.69) is 48.5 Å². The maximum atomic E-state index is 13.2. The standard InChI is InChI=1S/C26H26FN3O/c1-17(2)20-6-8-21(9-7-20)18(3)29-26(31)22-10-11-23-15-28-30(25(23)14-22)16-19-4-12-24(27)13-5-19/h4-15,17-18H,16H2,1-3H3,(H,29,31). The van der Waals surface area contributed by atoms with Gasteiger partial charge in [0.05, 0.1) is 24.3 Å². The Labute approximate surface area is 181 Å². The second-order valence-electron chi connectivity index (χ2n) is 8.22. The molecule has 158 valence electrons. The maximum absolute atomic E-state index is 13.2. The molecule has 0 spiro atoms. The summed E-state index contributed by atoms with van der Waals surface area (Å²) in [7, 11) is 0. The van der Waals surface area contributed by atoms with E-state index in [1.165, 1.54) is 17.7 Å². The largest absolute Gasteiger partial charge is 0.346 e. The highest BCUT2D eigenvalue weighted by atomic mass is 19.1. The van der Waals surface area contributed by atoms with Crippen LogP contribution in [-0.2, 0) is 6.54 Å². The summed E-state index contributed by atoms with van der Waals surface area (Å²) in [6.07, 6.45) is 1.78. The molecule has 0 saturated heterocycles. The van der Waals surface area contributed by atoms with Gasteiger partial charge in [0.25, 0.3) is 5.91 Å². The van der Waals surface area contributed by atoms with E-state index in [0.717, 1.165) is 22.0 Å².